The van der Waals surface area contributed by atoms with E-state index < -0.39 is 5.97 Å². The number of esters is 1. The number of hydrogen-bond donors (Lipinski definition) is 1. The molecule has 0 fully saturated rings. The van der Waals surface area contributed by atoms with Crippen LogP contribution in [0.4, 0.5) is 0 Å². The number of phenols is 1. The van der Waals surface area contributed by atoms with Gasteiger partial charge in [-0.1, -0.05) is 32.1 Å². The molecule has 0 atom stereocenters. The lowest BCUT2D eigenvalue weighted by Gasteiger charge is -2.13. The monoisotopic (exact) mass is 396 g/mol. The predicted molar refractivity (Wildman–Crippen MR) is 112 cm³/mol. The minimum atomic E-state index is -0.431. The second-order valence-electron chi connectivity index (χ2n) is 6.55. The summed E-state index contributed by atoms with van der Waals surface area (Å²) in [5.74, 6) is 0.820. The van der Waals surface area contributed by atoms with Gasteiger partial charge in [-0.15, -0.1) is 11.3 Å². The van der Waals surface area contributed by atoms with E-state index in [1.54, 1.807) is 12.1 Å². The molecule has 3 rings (SSSR count). The van der Waals surface area contributed by atoms with Crippen molar-refractivity contribution in [2.24, 2.45) is 0 Å². The van der Waals surface area contributed by atoms with Gasteiger partial charge < -0.3 is 14.4 Å². The third kappa shape index (κ3) is 4.17. The van der Waals surface area contributed by atoms with Crippen LogP contribution in [0.3, 0.4) is 0 Å². The normalized spacial score (nSPS) is 10.8. The van der Waals surface area contributed by atoms with Gasteiger partial charge >= 0.3 is 5.97 Å². The molecule has 0 unspecified atom stereocenters. The fourth-order valence-corrected chi connectivity index (χ4v) is 3.95. The molecule has 2 heterocycles. The quantitative estimate of drug-likeness (QED) is 0.435. The van der Waals surface area contributed by atoms with E-state index in [2.05, 4.69) is 23.1 Å². The highest BCUT2D eigenvalue weighted by Crippen LogP contribution is 2.34. The topological polar surface area (TPSA) is 64.3 Å². The van der Waals surface area contributed by atoms with Crippen LogP contribution in [0.15, 0.2) is 48.5 Å². The number of thiophene rings is 1. The van der Waals surface area contributed by atoms with Crippen LogP contribution in [0.2, 0.25) is 0 Å². The Balaban J connectivity index is 2.03. The summed E-state index contributed by atoms with van der Waals surface area (Å²) < 4.78 is 7.02. The number of carbonyl (C=O) groups excluding carboxylic acids is 1. The highest BCUT2D eigenvalue weighted by atomic mass is 32.1. The second-order valence-corrected chi connectivity index (χ2v) is 7.47. The van der Waals surface area contributed by atoms with Crippen LogP contribution in [0.5, 0.6) is 5.75 Å². The molecule has 5 nitrogen and oxygen atoms in total. The average Bonchev–Trinajstić information content (AvgIpc) is 3.33. The molecule has 1 aromatic carbocycles. The molecule has 28 heavy (non-hydrogen) atoms. The van der Waals surface area contributed by atoms with Gasteiger partial charge in [0.05, 0.1) is 29.5 Å². The van der Waals surface area contributed by atoms with Gasteiger partial charge in [0.25, 0.3) is 0 Å². The number of aromatic hydroxyl groups is 1. The molecular formula is C22H24N2O3S. The molecule has 0 bridgehead atoms. The molecule has 0 radical (unpaired) electrons. The summed E-state index contributed by atoms with van der Waals surface area (Å²) in [5.41, 5.74) is 3.29. The molecule has 0 spiro atoms. The molecule has 146 valence electrons. The summed E-state index contributed by atoms with van der Waals surface area (Å²) >= 11 is 1.47. The highest BCUT2D eigenvalue weighted by molar-refractivity contribution is 7.12. The molecule has 0 aliphatic carbocycles. The third-order valence-corrected chi connectivity index (χ3v) is 5.59. The van der Waals surface area contributed by atoms with Crippen molar-refractivity contribution in [1.82, 2.24) is 9.55 Å². The molecule has 2 aromatic heterocycles. The number of rotatable bonds is 8. The molecule has 6 heteroatoms. The van der Waals surface area contributed by atoms with Gasteiger partial charge in [0, 0.05) is 18.5 Å². The standard InChI is InChI=1S/C22H24N2O3S/c1-4-5-6-20-23-13-19(24(20)14-16-7-9-17(25)10-8-16)18-11-12-28-21(18)15(2)22(26)27-3/h7-13,25H,2,4-6,14H2,1,3H3. The Morgan fingerprint density at radius 1 is 1.29 bits per heavy atom. The number of hydrogen-bond acceptors (Lipinski definition) is 5. The molecule has 0 aliphatic heterocycles. The number of aromatic nitrogens is 2. The summed E-state index contributed by atoms with van der Waals surface area (Å²) in [6.07, 6.45) is 4.88. The highest BCUT2D eigenvalue weighted by Gasteiger charge is 2.20. The number of imidazole rings is 1. The summed E-state index contributed by atoms with van der Waals surface area (Å²) in [5, 5.41) is 11.5. The predicted octanol–water partition coefficient (Wildman–Crippen LogP) is 4.89. The van der Waals surface area contributed by atoms with E-state index in [4.69, 9.17) is 4.74 Å². The van der Waals surface area contributed by atoms with Gasteiger partial charge in [-0.2, -0.15) is 0 Å². The van der Waals surface area contributed by atoms with E-state index in [1.165, 1.54) is 18.4 Å². The Kier molecular flexibility index (Phi) is 6.31. The fraction of sp³-hybridized carbons (Fsp3) is 0.273. The van der Waals surface area contributed by atoms with E-state index >= 15 is 0 Å². The number of phenolic OH excluding ortho intramolecular Hbond substituents is 1. The Morgan fingerprint density at radius 3 is 2.71 bits per heavy atom. The van der Waals surface area contributed by atoms with Gasteiger partial charge in [0.2, 0.25) is 0 Å². The molecular weight excluding hydrogens is 372 g/mol. The van der Waals surface area contributed by atoms with Crippen molar-refractivity contribution in [3.05, 3.63) is 64.8 Å². The number of aryl methyl sites for hydroxylation is 1. The van der Waals surface area contributed by atoms with E-state index in [9.17, 15) is 9.90 Å². The van der Waals surface area contributed by atoms with Crippen molar-refractivity contribution in [1.29, 1.82) is 0 Å². The summed E-state index contributed by atoms with van der Waals surface area (Å²) in [6, 6.07) is 9.18. The summed E-state index contributed by atoms with van der Waals surface area (Å²) in [4.78, 5) is 17.4. The minimum Gasteiger partial charge on any atom is -0.508 e. The Bertz CT molecular complexity index is 970. The number of methoxy groups -OCH3 is 1. The molecule has 3 aromatic rings. The van der Waals surface area contributed by atoms with Crippen LogP contribution in [0, 0.1) is 0 Å². The number of unbranched alkanes of at least 4 members (excludes halogenated alkanes) is 1. The maximum atomic E-state index is 12.0. The maximum Gasteiger partial charge on any atom is 0.338 e. The molecule has 0 saturated heterocycles. The van der Waals surface area contributed by atoms with Crippen LogP contribution in [0.1, 0.15) is 36.0 Å². The van der Waals surface area contributed by atoms with Crippen LogP contribution >= 0.6 is 11.3 Å². The van der Waals surface area contributed by atoms with Crippen LogP contribution in [-0.2, 0) is 22.5 Å². The van der Waals surface area contributed by atoms with Gasteiger partial charge in [-0.05, 0) is 35.6 Å². The molecule has 0 aliphatic rings. The van der Waals surface area contributed by atoms with Crippen molar-refractivity contribution in [2.75, 3.05) is 7.11 Å². The van der Waals surface area contributed by atoms with Gasteiger partial charge in [0.15, 0.2) is 0 Å². The van der Waals surface area contributed by atoms with E-state index in [0.717, 1.165) is 46.8 Å². The lowest BCUT2D eigenvalue weighted by molar-refractivity contribution is -0.133. The average molecular weight is 397 g/mol. The number of carbonyl (C=O) groups is 1. The van der Waals surface area contributed by atoms with Gasteiger partial charge in [-0.3, -0.25) is 0 Å². The van der Waals surface area contributed by atoms with Crippen LogP contribution in [0.25, 0.3) is 16.8 Å². The Hall–Kier alpha value is -2.86. The fourth-order valence-electron chi connectivity index (χ4n) is 3.08. The van der Waals surface area contributed by atoms with Crippen molar-refractivity contribution in [3.63, 3.8) is 0 Å². The van der Waals surface area contributed by atoms with Crippen molar-refractivity contribution < 1.29 is 14.6 Å². The maximum absolute atomic E-state index is 12.0. The molecule has 0 amide bonds. The lowest BCUT2D eigenvalue weighted by atomic mass is 10.1. The largest absolute Gasteiger partial charge is 0.508 e. The van der Waals surface area contributed by atoms with Gasteiger partial charge in [0.1, 0.15) is 11.6 Å². The number of ether oxygens (including phenoxy) is 1. The van der Waals surface area contributed by atoms with E-state index in [-0.39, 0.29) is 5.75 Å². The van der Waals surface area contributed by atoms with E-state index in [0.29, 0.717) is 12.1 Å². The Labute approximate surface area is 168 Å². The zero-order chi connectivity index (χ0) is 20.1. The van der Waals surface area contributed by atoms with E-state index in [1.807, 2.05) is 29.8 Å². The first kappa shape index (κ1) is 19.9. The van der Waals surface area contributed by atoms with Gasteiger partial charge in [-0.25, -0.2) is 9.78 Å². The SMILES string of the molecule is C=C(C(=O)OC)c1sccc1-c1cnc(CCCC)n1Cc1ccc(O)cc1. The molecule has 0 saturated carbocycles. The first-order valence-electron chi connectivity index (χ1n) is 9.22. The van der Waals surface area contributed by atoms with Crippen LogP contribution in [-0.4, -0.2) is 27.7 Å². The lowest BCUT2D eigenvalue weighted by Crippen LogP contribution is -2.08. The zero-order valence-corrected chi connectivity index (χ0v) is 17.0. The number of benzene rings is 1. The first-order chi connectivity index (χ1) is 13.5. The van der Waals surface area contributed by atoms with Crippen molar-refractivity contribution in [3.8, 4) is 17.0 Å². The summed E-state index contributed by atoms with van der Waals surface area (Å²) in [7, 11) is 1.36. The second kappa shape index (κ2) is 8.89. The van der Waals surface area contributed by atoms with Crippen LogP contribution < -0.4 is 0 Å². The molecule has 1 N–H and O–H groups in total. The minimum absolute atomic E-state index is 0.246. The smallest absolute Gasteiger partial charge is 0.338 e. The number of nitrogens with zero attached hydrogens (tertiary/aromatic N) is 2. The zero-order valence-electron chi connectivity index (χ0n) is 16.1. The first-order valence-corrected chi connectivity index (χ1v) is 10.1. The summed E-state index contributed by atoms with van der Waals surface area (Å²) in [6.45, 7) is 6.70. The van der Waals surface area contributed by atoms with Crippen molar-refractivity contribution in [2.45, 2.75) is 32.7 Å². The third-order valence-electron chi connectivity index (χ3n) is 4.62. The Morgan fingerprint density at radius 2 is 2.04 bits per heavy atom. The van der Waals surface area contributed by atoms with Crippen molar-refractivity contribution >= 4 is 22.9 Å².